The Labute approximate surface area is 168 Å². The van der Waals surface area contributed by atoms with E-state index < -0.39 is 0 Å². The number of carbonyl (C=O) groups is 2. The fourth-order valence-electron chi connectivity index (χ4n) is 3.38. The smallest absolute Gasteiger partial charge is 0.258 e. The van der Waals surface area contributed by atoms with Crippen molar-refractivity contribution in [3.8, 4) is 11.5 Å². The molecule has 0 radical (unpaired) electrons. The highest BCUT2D eigenvalue weighted by atomic mass is 35.5. The van der Waals surface area contributed by atoms with Gasteiger partial charge in [-0.2, -0.15) is 0 Å². The summed E-state index contributed by atoms with van der Waals surface area (Å²) in [6.07, 6.45) is 1.90. The minimum Gasteiger partial charge on any atom is -0.507 e. The zero-order valence-electron chi connectivity index (χ0n) is 15.7. The van der Waals surface area contributed by atoms with Crippen molar-refractivity contribution in [2.75, 3.05) is 18.5 Å². The summed E-state index contributed by atoms with van der Waals surface area (Å²) < 4.78 is 0. The first-order chi connectivity index (χ1) is 13.2. The highest BCUT2D eigenvalue weighted by molar-refractivity contribution is 6.33. The number of nitrogens with zero attached hydrogens (tertiary/aromatic N) is 2. The lowest BCUT2D eigenvalue weighted by Crippen LogP contribution is -2.36. The van der Waals surface area contributed by atoms with Crippen molar-refractivity contribution < 1.29 is 19.8 Å². The summed E-state index contributed by atoms with van der Waals surface area (Å²) in [7, 11) is 1.66. The molecule has 2 N–H and O–H groups in total. The fourth-order valence-corrected chi connectivity index (χ4v) is 3.53. The Morgan fingerprint density at radius 3 is 2.61 bits per heavy atom. The van der Waals surface area contributed by atoms with Crippen LogP contribution in [0.25, 0.3) is 0 Å². The Bertz CT molecular complexity index is 987. The number of phenols is 2. The highest BCUT2D eigenvalue weighted by Gasteiger charge is 2.27. The molecule has 0 saturated carbocycles. The summed E-state index contributed by atoms with van der Waals surface area (Å²) in [5, 5.41) is 19.9. The molecule has 0 fully saturated rings. The van der Waals surface area contributed by atoms with Gasteiger partial charge in [0, 0.05) is 31.9 Å². The summed E-state index contributed by atoms with van der Waals surface area (Å²) in [4.78, 5) is 28.0. The fraction of sp³-hybridized carbons (Fsp3) is 0.238. The second-order valence-corrected chi connectivity index (χ2v) is 7.14. The van der Waals surface area contributed by atoms with E-state index in [0.717, 1.165) is 17.2 Å². The summed E-state index contributed by atoms with van der Waals surface area (Å²) in [5.41, 5.74) is 3.17. The molecular formula is C21H21ClN2O4. The standard InChI is InChI=1S/C21H21ClN2O4/c1-4-18(27)23(3)15-6-5-13-7-8-24(11-14(13)9-15)21(28)19-12(2)20(22)17(26)10-16(19)25/h4-6,9-10,25-26H,1,7-8,11H2,2-3H3. The first-order valence-electron chi connectivity index (χ1n) is 8.76. The second-order valence-electron chi connectivity index (χ2n) is 6.76. The molecule has 0 aromatic heterocycles. The van der Waals surface area contributed by atoms with Crippen LogP contribution in [0.2, 0.25) is 5.02 Å². The van der Waals surface area contributed by atoms with Crippen molar-refractivity contribution in [1.82, 2.24) is 4.90 Å². The largest absolute Gasteiger partial charge is 0.507 e. The van der Waals surface area contributed by atoms with E-state index in [1.54, 1.807) is 18.9 Å². The van der Waals surface area contributed by atoms with Gasteiger partial charge in [0.1, 0.15) is 11.5 Å². The monoisotopic (exact) mass is 400 g/mol. The molecular weight excluding hydrogens is 380 g/mol. The molecule has 1 heterocycles. The molecule has 7 heteroatoms. The zero-order chi connectivity index (χ0) is 20.6. The number of halogens is 1. The number of hydrogen-bond donors (Lipinski definition) is 2. The maximum atomic E-state index is 13.0. The molecule has 1 aliphatic heterocycles. The average Bonchev–Trinajstić information content (AvgIpc) is 2.69. The van der Waals surface area contributed by atoms with Gasteiger partial charge in [0.25, 0.3) is 5.91 Å². The number of anilines is 1. The van der Waals surface area contributed by atoms with E-state index in [9.17, 15) is 19.8 Å². The summed E-state index contributed by atoms with van der Waals surface area (Å²) in [6.45, 7) is 5.91. The second kappa shape index (κ2) is 7.56. The van der Waals surface area contributed by atoms with Crippen LogP contribution in [0.5, 0.6) is 11.5 Å². The lowest BCUT2D eigenvalue weighted by Gasteiger charge is -2.30. The first-order valence-corrected chi connectivity index (χ1v) is 9.14. The predicted octanol–water partition coefficient (Wildman–Crippen LogP) is 3.41. The Morgan fingerprint density at radius 2 is 1.93 bits per heavy atom. The summed E-state index contributed by atoms with van der Waals surface area (Å²) in [6, 6.07) is 6.79. The van der Waals surface area contributed by atoms with Crippen molar-refractivity contribution in [3.05, 3.63) is 64.2 Å². The van der Waals surface area contributed by atoms with Crippen molar-refractivity contribution in [2.24, 2.45) is 0 Å². The van der Waals surface area contributed by atoms with E-state index in [2.05, 4.69) is 6.58 Å². The van der Waals surface area contributed by atoms with Gasteiger partial charge in [0.05, 0.1) is 10.6 Å². The maximum Gasteiger partial charge on any atom is 0.258 e. The van der Waals surface area contributed by atoms with Gasteiger partial charge >= 0.3 is 0 Å². The van der Waals surface area contributed by atoms with Gasteiger partial charge in [-0.05, 0) is 48.2 Å². The van der Waals surface area contributed by atoms with Crippen LogP contribution in [0.3, 0.4) is 0 Å². The molecule has 0 aliphatic carbocycles. The molecule has 146 valence electrons. The van der Waals surface area contributed by atoms with Crippen LogP contribution in [0.1, 0.15) is 27.0 Å². The molecule has 2 amide bonds. The van der Waals surface area contributed by atoms with Gasteiger partial charge in [-0.3, -0.25) is 9.59 Å². The molecule has 3 rings (SSSR count). The van der Waals surface area contributed by atoms with Gasteiger partial charge in [-0.15, -0.1) is 0 Å². The number of amides is 2. The number of likely N-dealkylation sites (N-methyl/N-ethyl adjacent to an activating group) is 1. The molecule has 0 unspecified atom stereocenters. The number of phenolic OH excluding ortho intramolecular Hbond substituents is 2. The van der Waals surface area contributed by atoms with Gasteiger partial charge in [0.15, 0.2) is 0 Å². The average molecular weight is 401 g/mol. The molecule has 0 spiro atoms. The third-order valence-corrected chi connectivity index (χ3v) is 5.53. The predicted molar refractivity (Wildman–Crippen MR) is 108 cm³/mol. The van der Waals surface area contributed by atoms with Crippen LogP contribution in [0.15, 0.2) is 36.9 Å². The number of aromatic hydroxyl groups is 2. The molecule has 1 aliphatic rings. The van der Waals surface area contributed by atoms with Crippen molar-refractivity contribution in [3.63, 3.8) is 0 Å². The van der Waals surface area contributed by atoms with E-state index in [0.29, 0.717) is 30.8 Å². The lowest BCUT2D eigenvalue weighted by atomic mass is 9.97. The van der Waals surface area contributed by atoms with Crippen molar-refractivity contribution in [1.29, 1.82) is 0 Å². The number of benzene rings is 2. The van der Waals surface area contributed by atoms with E-state index in [1.807, 2.05) is 18.2 Å². The van der Waals surface area contributed by atoms with E-state index in [-0.39, 0.29) is 33.9 Å². The maximum absolute atomic E-state index is 13.0. The minimum absolute atomic E-state index is 0.0467. The third-order valence-electron chi connectivity index (χ3n) is 5.05. The molecule has 2 aromatic carbocycles. The van der Waals surface area contributed by atoms with E-state index in [4.69, 9.17) is 11.6 Å². The topological polar surface area (TPSA) is 81.1 Å². The van der Waals surface area contributed by atoms with Crippen LogP contribution in [-0.2, 0) is 17.8 Å². The Balaban J connectivity index is 1.91. The molecule has 2 aromatic rings. The molecule has 28 heavy (non-hydrogen) atoms. The zero-order valence-corrected chi connectivity index (χ0v) is 16.5. The Kier molecular flexibility index (Phi) is 5.34. The van der Waals surface area contributed by atoms with E-state index >= 15 is 0 Å². The van der Waals surface area contributed by atoms with Crippen LogP contribution in [-0.4, -0.2) is 40.5 Å². The molecule has 6 nitrogen and oxygen atoms in total. The first kappa shape index (κ1) is 19.8. The Morgan fingerprint density at radius 1 is 1.21 bits per heavy atom. The third kappa shape index (κ3) is 3.43. The van der Waals surface area contributed by atoms with Gasteiger partial charge in [-0.1, -0.05) is 24.2 Å². The Hall–Kier alpha value is -2.99. The van der Waals surface area contributed by atoms with Gasteiger partial charge in [0.2, 0.25) is 5.91 Å². The van der Waals surface area contributed by atoms with Gasteiger partial charge < -0.3 is 20.0 Å². The number of carbonyl (C=O) groups excluding carboxylic acids is 2. The molecule has 0 atom stereocenters. The van der Waals surface area contributed by atoms with Crippen LogP contribution >= 0.6 is 11.6 Å². The number of fused-ring (bicyclic) bond motifs is 1. The molecule has 0 bridgehead atoms. The number of hydrogen-bond acceptors (Lipinski definition) is 4. The van der Waals surface area contributed by atoms with Crippen LogP contribution < -0.4 is 4.90 Å². The van der Waals surface area contributed by atoms with Crippen LogP contribution in [0.4, 0.5) is 5.69 Å². The van der Waals surface area contributed by atoms with Crippen LogP contribution in [0, 0.1) is 6.92 Å². The van der Waals surface area contributed by atoms with E-state index in [1.165, 1.54) is 11.0 Å². The highest BCUT2D eigenvalue weighted by Crippen LogP contribution is 2.37. The summed E-state index contributed by atoms with van der Waals surface area (Å²) >= 11 is 6.04. The van der Waals surface area contributed by atoms with Crippen molar-refractivity contribution in [2.45, 2.75) is 19.9 Å². The normalized spacial score (nSPS) is 13.0. The quantitative estimate of drug-likeness (QED) is 0.773. The van der Waals surface area contributed by atoms with Gasteiger partial charge in [-0.25, -0.2) is 0 Å². The summed E-state index contributed by atoms with van der Waals surface area (Å²) in [5.74, 6) is -1.15. The van der Waals surface area contributed by atoms with Crippen molar-refractivity contribution >= 4 is 29.1 Å². The number of rotatable bonds is 3. The molecule has 0 saturated heterocycles. The SMILES string of the molecule is C=CC(=O)N(C)c1ccc2c(c1)CN(C(=O)c1c(O)cc(O)c(Cl)c1C)CC2. The lowest BCUT2D eigenvalue weighted by molar-refractivity contribution is -0.113. The minimum atomic E-state index is -0.358.